The summed E-state index contributed by atoms with van der Waals surface area (Å²) in [4.78, 5) is 13.9. The maximum absolute atomic E-state index is 13.9. The van der Waals surface area contributed by atoms with E-state index in [0.29, 0.717) is 53.3 Å². The van der Waals surface area contributed by atoms with Crippen LogP contribution < -0.4 is 24.8 Å². The number of methoxy groups -OCH3 is 1. The number of carbonyl (C=O) groups is 1. The summed E-state index contributed by atoms with van der Waals surface area (Å²) in [6.45, 7) is 4.76. The molecule has 0 aromatic heterocycles. The van der Waals surface area contributed by atoms with Gasteiger partial charge in [0.1, 0.15) is 0 Å². The molecule has 0 radical (unpaired) electrons. The van der Waals surface area contributed by atoms with Gasteiger partial charge in [0.25, 0.3) is 0 Å². The standard InChI is InChI=1S/C30H31BrN2O5/c1-4-37-25-11-10-17(15-26(25)36-3)18-13-23-28(24(34)14-18)29(33-22-9-7-6-8-21(22)32-23)19-12-20(31)30(35)27(16-19)38-5-2/h6-12,15-16,18,29,32-33,35H,4-5,13-14H2,1-3H3/t18-,29-/m0/s1. The third kappa shape index (κ3) is 4.92. The first kappa shape index (κ1) is 26.0. The maximum atomic E-state index is 13.9. The average molecular weight is 579 g/mol. The highest BCUT2D eigenvalue weighted by atomic mass is 79.9. The van der Waals surface area contributed by atoms with Gasteiger partial charge in [0.2, 0.25) is 0 Å². The van der Waals surface area contributed by atoms with Gasteiger partial charge in [0.05, 0.1) is 42.2 Å². The Bertz CT molecular complexity index is 1400. The number of phenols is 1. The average Bonchev–Trinajstić information content (AvgIpc) is 3.08. The van der Waals surface area contributed by atoms with Gasteiger partial charge in [-0.05, 0) is 89.6 Å². The molecule has 0 saturated heterocycles. The molecule has 2 aliphatic rings. The van der Waals surface area contributed by atoms with Crippen LogP contribution in [0.1, 0.15) is 49.8 Å². The lowest BCUT2D eigenvalue weighted by molar-refractivity contribution is -0.116. The van der Waals surface area contributed by atoms with Gasteiger partial charge in [0.15, 0.2) is 28.8 Å². The third-order valence-corrected chi connectivity index (χ3v) is 7.56. The minimum Gasteiger partial charge on any atom is -0.503 e. The number of fused-ring (bicyclic) bond motifs is 1. The van der Waals surface area contributed by atoms with Crippen LogP contribution in [0.4, 0.5) is 11.4 Å². The van der Waals surface area contributed by atoms with Gasteiger partial charge in [-0.1, -0.05) is 18.2 Å². The predicted octanol–water partition coefficient (Wildman–Crippen LogP) is 6.94. The summed E-state index contributed by atoms with van der Waals surface area (Å²) in [6, 6.07) is 17.0. The molecule has 3 aromatic rings. The molecule has 1 aliphatic carbocycles. The van der Waals surface area contributed by atoms with Crippen molar-refractivity contribution in [1.82, 2.24) is 0 Å². The lowest BCUT2D eigenvalue weighted by Crippen LogP contribution is -2.27. The molecule has 38 heavy (non-hydrogen) atoms. The second-order valence-electron chi connectivity index (χ2n) is 9.29. The monoisotopic (exact) mass is 578 g/mol. The van der Waals surface area contributed by atoms with Crippen LogP contribution in [0.15, 0.2) is 70.3 Å². The van der Waals surface area contributed by atoms with E-state index >= 15 is 0 Å². The Morgan fingerprint density at radius 1 is 0.921 bits per heavy atom. The molecule has 3 N–H and O–H groups in total. The number of phenolic OH excluding ortho intramolecular Hbond substituents is 1. The van der Waals surface area contributed by atoms with E-state index in [2.05, 4.69) is 26.6 Å². The van der Waals surface area contributed by atoms with E-state index in [1.807, 2.05) is 62.4 Å². The van der Waals surface area contributed by atoms with E-state index in [0.717, 1.165) is 28.2 Å². The number of allylic oxidation sites excluding steroid dienone is 1. The van der Waals surface area contributed by atoms with Crippen molar-refractivity contribution in [1.29, 1.82) is 0 Å². The van der Waals surface area contributed by atoms with Gasteiger partial charge in [-0.15, -0.1) is 0 Å². The summed E-state index contributed by atoms with van der Waals surface area (Å²) >= 11 is 3.46. The molecule has 198 valence electrons. The first-order valence-corrected chi connectivity index (χ1v) is 13.6. The van der Waals surface area contributed by atoms with Gasteiger partial charge < -0.3 is 30.0 Å². The van der Waals surface area contributed by atoms with Crippen LogP contribution in [-0.2, 0) is 4.79 Å². The maximum Gasteiger partial charge on any atom is 0.172 e. The highest BCUT2D eigenvalue weighted by Crippen LogP contribution is 2.47. The Morgan fingerprint density at radius 3 is 2.37 bits per heavy atom. The van der Waals surface area contributed by atoms with Gasteiger partial charge >= 0.3 is 0 Å². The van der Waals surface area contributed by atoms with Crippen molar-refractivity contribution in [2.75, 3.05) is 31.0 Å². The molecule has 0 amide bonds. The van der Waals surface area contributed by atoms with E-state index in [-0.39, 0.29) is 17.5 Å². The molecule has 2 atom stereocenters. The fourth-order valence-electron chi connectivity index (χ4n) is 5.22. The third-order valence-electron chi connectivity index (χ3n) is 6.95. The number of anilines is 2. The molecular weight excluding hydrogens is 548 g/mol. The zero-order chi connectivity index (χ0) is 26.8. The number of benzene rings is 3. The Hall–Kier alpha value is -3.65. The number of nitrogens with one attached hydrogen (secondary N) is 2. The molecule has 1 heterocycles. The number of aromatic hydroxyl groups is 1. The topological polar surface area (TPSA) is 89.1 Å². The summed E-state index contributed by atoms with van der Waals surface area (Å²) in [6.07, 6.45) is 1.02. The molecule has 0 unspecified atom stereocenters. The number of halogens is 1. The summed E-state index contributed by atoms with van der Waals surface area (Å²) in [5, 5.41) is 17.6. The lowest BCUT2D eigenvalue weighted by Gasteiger charge is -2.30. The molecule has 0 fully saturated rings. The van der Waals surface area contributed by atoms with Gasteiger partial charge in [-0.2, -0.15) is 0 Å². The molecule has 0 saturated carbocycles. The number of hydrogen-bond acceptors (Lipinski definition) is 7. The van der Waals surface area contributed by atoms with Crippen molar-refractivity contribution in [3.05, 3.63) is 81.5 Å². The zero-order valence-electron chi connectivity index (χ0n) is 21.6. The van der Waals surface area contributed by atoms with Crippen molar-refractivity contribution in [2.45, 2.75) is 38.6 Å². The Morgan fingerprint density at radius 2 is 1.63 bits per heavy atom. The molecular formula is C30H31BrN2O5. The molecule has 1 aliphatic heterocycles. The van der Waals surface area contributed by atoms with Crippen molar-refractivity contribution < 1.29 is 24.1 Å². The lowest BCUT2D eigenvalue weighted by atomic mass is 9.78. The van der Waals surface area contributed by atoms with Crippen molar-refractivity contribution in [3.8, 4) is 23.0 Å². The smallest absolute Gasteiger partial charge is 0.172 e. The SMILES string of the molecule is CCOc1ccc([C@@H]2CC(=O)C3=C(C2)Nc2ccccc2N[C@H]3c2cc(Br)c(O)c(OCC)c2)cc1OC. The highest BCUT2D eigenvalue weighted by molar-refractivity contribution is 9.10. The van der Waals surface area contributed by atoms with Crippen LogP contribution in [0.25, 0.3) is 0 Å². The molecule has 8 heteroatoms. The zero-order valence-corrected chi connectivity index (χ0v) is 23.2. The van der Waals surface area contributed by atoms with Gasteiger partial charge in [-0.25, -0.2) is 0 Å². The van der Waals surface area contributed by atoms with Crippen LogP contribution in [0.2, 0.25) is 0 Å². The van der Waals surface area contributed by atoms with Crippen molar-refractivity contribution in [3.63, 3.8) is 0 Å². The second-order valence-corrected chi connectivity index (χ2v) is 10.1. The van der Waals surface area contributed by atoms with Gasteiger partial charge in [-0.3, -0.25) is 4.79 Å². The van der Waals surface area contributed by atoms with E-state index in [1.54, 1.807) is 13.2 Å². The Balaban J connectivity index is 1.59. The van der Waals surface area contributed by atoms with Crippen LogP contribution in [0.3, 0.4) is 0 Å². The first-order chi connectivity index (χ1) is 18.4. The second kappa shape index (κ2) is 11.0. The van der Waals surface area contributed by atoms with Crippen molar-refractivity contribution >= 4 is 33.1 Å². The first-order valence-electron chi connectivity index (χ1n) is 12.8. The number of carbonyl (C=O) groups excluding carboxylic acids is 1. The molecule has 0 spiro atoms. The summed E-state index contributed by atoms with van der Waals surface area (Å²) in [5.74, 6) is 1.80. The van der Waals surface area contributed by atoms with E-state index < -0.39 is 6.04 Å². The summed E-state index contributed by atoms with van der Waals surface area (Å²) in [5.41, 5.74) is 5.21. The van der Waals surface area contributed by atoms with Crippen LogP contribution in [0.5, 0.6) is 23.0 Å². The van der Waals surface area contributed by atoms with Gasteiger partial charge in [0, 0.05) is 17.7 Å². The summed E-state index contributed by atoms with van der Waals surface area (Å²) < 4.78 is 17.5. The van der Waals surface area contributed by atoms with Crippen molar-refractivity contribution in [2.24, 2.45) is 0 Å². The van der Waals surface area contributed by atoms with E-state index in [9.17, 15) is 9.90 Å². The number of ketones is 1. The predicted molar refractivity (Wildman–Crippen MR) is 152 cm³/mol. The van der Waals surface area contributed by atoms with Crippen LogP contribution in [-0.4, -0.2) is 31.2 Å². The summed E-state index contributed by atoms with van der Waals surface area (Å²) in [7, 11) is 1.63. The van der Waals surface area contributed by atoms with Crippen LogP contribution >= 0.6 is 15.9 Å². The fourth-order valence-corrected chi connectivity index (χ4v) is 5.68. The van der Waals surface area contributed by atoms with E-state index in [1.165, 1.54) is 0 Å². The largest absolute Gasteiger partial charge is 0.503 e. The number of Topliss-reactive ketones (excluding diaryl/α,β-unsaturated/α-hetero) is 1. The molecule has 5 rings (SSSR count). The van der Waals surface area contributed by atoms with Crippen LogP contribution in [0, 0.1) is 0 Å². The molecule has 7 nitrogen and oxygen atoms in total. The number of hydrogen-bond donors (Lipinski definition) is 3. The quantitative estimate of drug-likeness (QED) is 0.280. The van der Waals surface area contributed by atoms with E-state index in [4.69, 9.17) is 14.2 Å². The normalized spacial score (nSPS) is 18.5. The Labute approximate surface area is 230 Å². The minimum absolute atomic E-state index is 0.0187. The number of rotatable bonds is 7. The molecule has 3 aromatic carbocycles. The highest BCUT2D eigenvalue weighted by Gasteiger charge is 2.36. The minimum atomic E-state index is -0.430. The molecule has 0 bridgehead atoms. The number of ether oxygens (including phenoxy) is 3. The Kier molecular flexibility index (Phi) is 7.51. The number of para-hydroxylation sites is 2. The fraction of sp³-hybridized carbons (Fsp3) is 0.300.